The van der Waals surface area contributed by atoms with Crippen molar-refractivity contribution in [3.05, 3.63) is 38.8 Å². The molecular formula is C13H13BrN2O2S. The van der Waals surface area contributed by atoms with Crippen molar-refractivity contribution in [3.8, 4) is 5.75 Å². The lowest BCUT2D eigenvalue weighted by molar-refractivity contribution is 0.102. The number of nitrogens with zero attached hydrogens (tertiary/aromatic N) is 1. The lowest BCUT2D eigenvalue weighted by Gasteiger charge is -2.08. The SMILES string of the molecule is CC(C)c1sc(Br)nc1C(=O)Nc1ccccc1O. The Hall–Kier alpha value is -1.40. The van der Waals surface area contributed by atoms with Gasteiger partial charge in [0, 0.05) is 4.88 Å². The molecule has 0 saturated carbocycles. The number of aromatic nitrogens is 1. The van der Waals surface area contributed by atoms with E-state index in [2.05, 4.69) is 26.2 Å². The van der Waals surface area contributed by atoms with Crippen molar-refractivity contribution in [2.75, 3.05) is 5.32 Å². The largest absolute Gasteiger partial charge is 0.506 e. The summed E-state index contributed by atoms with van der Waals surface area (Å²) in [5.41, 5.74) is 0.779. The van der Waals surface area contributed by atoms with E-state index in [4.69, 9.17) is 0 Å². The highest BCUT2D eigenvalue weighted by Crippen LogP contribution is 2.31. The molecule has 0 aliphatic carbocycles. The maximum Gasteiger partial charge on any atom is 0.275 e. The van der Waals surface area contributed by atoms with E-state index in [9.17, 15) is 9.90 Å². The van der Waals surface area contributed by atoms with E-state index in [0.29, 0.717) is 15.3 Å². The van der Waals surface area contributed by atoms with Gasteiger partial charge < -0.3 is 10.4 Å². The maximum atomic E-state index is 12.2. The number of phenolic OH excluding ortho intramolecular Hbond substituents is 1. The summed E-state index contributed by atoms with van der Waals surface area (Å²) < 4.78 is 0.679. The Morgan fingerprint density at radius 2 is 2.11 bits per heavy atom. The highest BCUT2D eigenvalue weighted by molar-refractivity contribution is 9.11. The molecule has 19 heavy (non-hydrogen) atoms. The van der Waals surface area contributed by atoms with E-state index in [0.717, 1.165) is 4.88 Å². The molecule has 6 heteroatoms. The summed E-state index contributed by atoms with van der Waals surface area (Å²) in [7, 11) is 0. The predicted molar refractivity (Wildman–Crippen MR) is 80.0 cm³/mol. The van der Waals surface area contributed by atoms with Crippen molar-refractivity contribution in [1.82, 2.24) is 4.98 Å². The zero-order valence-electron chi connectivity index (χ0n) is 10.5. The minimum Gasteiger partial charge on any atom is -0.506 e. The van der Waals surface area contributed by atoms with E-state index in [1.165, 1.54) is 17.4 Å². The van der Waals surface area contributed by atoms with Gasteiger partial charge in [0.1, 0.15) is 11.4 Å². The topological polar surface area (TPSA) is 62.2 Å². The quantitative estimate of drug-likeness (QED) is 0.830. The first-order valence-electron chi connectivity index (χ1n) is 5.74. The number of thiazole rings is 1. The summed E-state index contributed by atoms with van der Waals surface area (Å²) >= 11 is 4.75. The number of halogens is 1. The van der Waals surface area contributed by atoms with Crippen LogP contribution in [0.25, 0.3) is 0 Å². The third-order valence-corrected chi connectivity index (χ3v) is 4.33. The lowest BCUT2D eigenvalue weighted by atomic mass is 10.1. The van der Waals surface area contributed by atoms with Crippen LogP contribution in [0.15, 0.2) is 28.2 Å². The number of carbonyl (C=O) groups is 1. The average Bonchev–Trinajstić information content (AvgIpc) is 2.74. The monoisotopic (exact) mass is 340 g/mol. The molecule has 2 aromatic rings. The minimum absolute atomic E-state index is 0.0382. The molecule has 4 nitrogen and oxygen atoms in total. The van der Waals surface area contributed by atoms with Gasteiger partial charge in [-0.1, -0.05) is 26.0 Å². The van der Waals surface area contributed by atoms with E-state index >= 15 is 0 Å². The molecule has 0 unspecified atom stereocenters. The van der Waals surface area contributed by atoms with Gasteiger partial charge in [0.05, 0.1) is 5.69 Å². The summed E-state index contributed by atoms with van der Waals surface area (Å²) in [6.07, 6.45) is 0. The third-order valence-electron chi connectivity index (χ3n) is 2.52. The third kappa shape index (κ3) is 3.13. The lowest BCUT2D eigenvalue weighted by Crippen LogP contribution is -2.14. The standard InChI is InChI=1S/C13H13BrN2O2S/c1-7(2)11-10(16-13(14)19-11)12(18)15-8-5-3-4-6-9(8)17/h3-7,17H,1-2H3,(H,15,18). The van der Waals surface area contributed by atoms with Gasteiger partial charge in [-0.25, -0.2) is 4.98 Å². The van der Waals surface area contributed by atoms with Crippen LogP contribution in [0, 0.1) is 0 Å². The number of rotatable bonds is 3. The van der Waals surface area contributed by atoms with Crippen LogP contribution in [0.4, 0.5) is 5.69 Å². The second-order valence-corrected chi connectivity index (χ2v) is 6.61. The fourth-order valence-electron chi connectivity index (χ4n) is 1.62. The van der Waals surface area contributed by atoms with Gasteiger partial charge >= 0.3 is 0 Å². The van der Waals surface area contributed by atoms with Crippen LogP contribution in [-0.4, -0.2) is 16.0 Å². The fraction of sp³-hybridized carbons (Fsp3) is 0.231. The highest BCUT2D eigenvalue weighted by Gasteiger charge is 2.20. The Kier molecular flexibility index (Phi) is 4.21. The molecule has 0 aliphatic rings. The Balaban J connectivity index is 2.28. The smallest absolute Gasteiger partial charge is 0.275 e. The summed E-state index contributed by atoms with van der Waals surface area (Å²) in [4.78, 5) is 17.3. The predicted octanol–water partition coefficient (Wildman–Crippen LogP) is 3.99. The molecule has 0 saturated heterocycles. The van der Waals surface area contributed by atoms with E-state index < -0.39 is 0 Å². The van der Waals surface area contributed by atoms with Gasteiger partial charge in [-0.3, -0.25) is 4.79 Å². The van der Waals surface area contributed by atoms with Gasteiger partial charge in [-0.15, -0.1) is 11.3 Å². The molecule has 2 rings (SSSR count). The van der Waals surface area contributed by atoms with Crippen molar-refractivity contribution in [1.29, 1.82) is 0 Å². The zero-order chi connectivity index (χ0) is 14.0. The molecular weight excluding hydrogens is 328 g/mol. The fourth-order valence-corrected chi connectivity index (χ4v) is 3.11. The van der Waals surface area contributed by atoms with Gasteiger partial charge in [-0.2, -0.15) is 0 Å². The first-order chi connectivity index (χ1) is 8.99. The van der Waals surface area contributed by atoms with Crippen molar-refractivity contribution < 1.29 is 9.90 Å². The molecule has 100 valence electrons. The van der Waals surface area contributed by atoms with Crippen LogP contribution >= 0.6 is 27.3 Å². The Morgan fingerprint density at radius 3 is 2.74 bits per heavy atom. The summed E-state index contributed by atoms with van der Waals surface area (Å²) in [5, 5.41) is 12.3. The summed E-state index contributed by atoms with van der Waals surface area (Å²) in [6, 6.07) is 6.61. The second-order valence-electron chi connectivity index (χ2n) is 4.31. The van der Waals surface area contributed by atoms with Crippen LogP contribution < -0.4 is 5.32 Å². The molecule has 0 aliphatic heterocycles. The number of nitrogens with one attached hydrogen (secondary N) is 1. The van der Waals surface area contributed by atoms with Gasteiger partial charge in [0.2, 0.25) is 0 Å². The number of anilines is 1. The minimum atomic E-state index is -0.313. The van der Waals surface area contributed by atoms with Crippen LogP contribution in [0.3, 0.4) is 0 Å². The van der Waals surface area contributed by atoms with Crippen molar-refractivity contribution in [3.63, 3.8) is 0 Å². The van der Waals surface area contributed by atoms with Crippen LogP contribution in [-0.2, 0) is 0 Å². The number of para-hydroxylation sites is 2. The Labute approximate surface area is 123 Å². The molecule has 2 N–H and O–H groups in total. The normalized spacial score (nSPS) is 10.7. The number of carbonyl (C=O) groups excluding carboxylic acids is 1. The molecule has 1 aromatic carbocycles. The molecule has 1 amide bonds. The number of hydrogen-bond acceptors (Lipinski definition) is 4. The van der Waals surface area contributed by atoms with E-state index in [-0.39, 0.29) is 17.6 Å². The number of phenols is 1. The van der Waals surface area contributed by atoms with Crippen molar-refractivity contribution in [2.45, 2.75) is 19.8 Å². The zero-order valence-corrected chi connectivity index (χ0v) is 12.9. The molecule has 1 aromatic heterocycles. The summed E-state index contributed by atoms with van der Waals surface area (Å²) in [5.74, 6) is -0.0580. The molecule has 1 heterocycles. The molecule has 0 spiro atoms. The van der Waals surface area contributed by atoms with Crippen LogP contribution in [0.2, 0.25) is 0 Å². The number of hydrogen-bond donors (Lipinski definition) is 2. The highest BCUT2D eigenvalue weighted by atomic mass is 79.9. The molecule has 0 fully saturated rings. The average molecular weight is 341 g/mol. The number of benzene rings is 1. The second kappa shape index (κ2) is 5.71. The van der Waals surface area contributed by atoms with Crippen LogP contribution in [0.5, 0.6) is 5.75 Å². The number of aromatic hydroxyl groups is 1. The van der Waals surface area contributed by atoms with Gasteiger partial charge in [-0.05, 0) is 34.0 Å². The molecule has 0 atom stereocenters. The summed E-state index contributed by atoms with van der Waals surface area (Å²) in [6.45, 7) is 4.02. The van der Waals surface area contributed by atoms with E-state index in [1.54, 1.807) is 18.2 Å². The first-order valence-corrected chi connectivity index (χ1v) is 7.35. The van der Waals surface area contributed by atoms with Crippen LogP contribution in [0.1, 0.15) is 35.1 Å². The van der Waals surface area contributed by atoms with Gasteiger partial charge in [0.15, 0.2) is 3.92 Å². The van der Waals surface area contributed by atoms with Crippen molar-refractivity contribution in [2.24, 2.45) is 0 Å². The Bertz CT molecular complexity index is 610. The molecule has 0 radical (unpaired) electrons. The van der Waals surface area contributed by atoms with E-state index in [1.807, 2.05) is 13.8 Å². The first kappa shape index (κ1) is 14.0. The van der Waals surface area contributed by atoms with Gasteiger partial charge in [0.25, 0.3) is 5.91 Å². The number of amides is 1. The molecule has 0 bridgehead atoms. The maximum absolute atomic E-state index is 12.2. The Morgan fingerprint density at radius 1 is 1.42 bits per heavy atom. The van der Waals surface area contributed by atoms with Crippen molar-refractivity contribution >= 4 is 38.9 Å².